The number of anilines is 1. The van der Waals surface area contributed by atoms with Crippen LogP contribution in [0.1, 0.15) is 32.8 Å². The summed E-state index contributed by atoms with van der Waals surface area (Å²) >= 11 is 6.07. The molecule has 4 nitrogen and oxygen atoms in total. The van der Waals surface area contributed by atoms with Gasteiger partial charge in [0.05, 0.1) is 16.1 Å². The molecular formula is C15H19ClF2N2O2. The maximum absolute atomic E-state index is 13.6. The van der Waals surface area contributed by atoms with Gasteiger partial charge in [0.1, 0.15) is 5.60 Å². The minimum Gasteiger partial charge on any atom is -0.444 e. The van der Waals surface area contributed by atoms with Crippen molar-refractivity contribution in [2.24, 2.45) is 5.73 Å². The molecule has 3 N–H and O–H groups in total. The molecule has 2 rings (SSSR count). The highest BCUT2D eigenvalue weighted by molar-refractivity contribution is 6.33. The van der Waals surface area contributed by atoms with E-state index in [1.807, 2.05) is 0 Å². The lowest BCUT2D eigenvalue weighted by Crippen LogP contribution is -2.28. The van der Waals surface area contributed by atoms with Gasteiger partial charge >= 0.3 is 6.09 Å². The highest BCUT2D eigenvalue weighted by Crippen LogP contribution is 2.61. The minimum absolute atomic E-state index is 0.158. The van der Waals surface area contributed by atoms with Crippen molar-refractivity contribution in [2.75, 3.05) is 11.9 Å². The first-order valence-corrected chi connectivity index (χ1v) is 7.26. The highest BCUT2D eigenvalue weighted by Gasteiger charge is 2.71. The van der Waals surface area contributed by atoms with Crippen molar-refractivity contribution < 1.29 is 18.3 Å². The van der Waals surface area contributed by atoms with E-state index < -0.39 is 23.0 Å². The molecule has 1 atom stereocenters. The fraction of sp³-hybridized carbons (Fsp3) is 0.533. The van der Waals surface area contributed by atoms with Crippen LogP contribution >= 0.6 is 11.6 Å². The number of nitrogens with two attached hydrogens (primary N) is 1. The zero-order valence-electron chi connectivity index (χ0n) is 12.7. The number of nitrogens with one attached hydrogen (secondary N) is 1. The lowest BCUT2D eigenvalue weighted by Gasteiger charge is -2.20. The van der Waals surface area contributed by atoms with E-state index in [-0.39, 0.29) is 18.0 Å². The van der Waals surface area contributed by atoms with E-state index in [2.05, 4.69) is 5.32 Å². The maximum Gasteiger partial charge on any atom is 0.412 e. The Morgan fingerprint density at radius 2 is 2.05 bits per heavy atom. The molecule has 0 heterocycles. The van der Waals surface area contributed by atoms with E-state index in [0.717, 1.165) is 0 Å². The number of carbonyl (C=O) groups excluding carboxylic acids is 1. The van der Waals surface area contributed by atoms with Gasteiger partial charge in [-0.15, -0.1) is 0 Å². The molecule has 0 aromatic heterocycles. The molecule has 1 aromatic rings. The summed E-state index contributed by atoms with van der Waals surface area (Å²) in [5, 5.41) is 2.66. The molecule has 0 radical (unpaired) electrons. The Bertz CT molecular complexity index is 602. The van der Waals surface area contributed by atoms with Crippen LogP contribution in [0.25, 0.3) is 0 Å². The Kier molecular flexibility index (Phi) is 4.13. The number of ether oxygens (including phenoxy) is 1. The van der Waals surface area contributed by atoms with E-state index in [4.69, 9.17) is 22.1 Å². The predicted octanol–water partition coefficient (Wildman–Crippen LogP) is 3.92. The van der Waals surface area contributed by atoms with Crippen LogP contribution in [0.5, 0.6) is 0 Å². The van der Waals surface area contributed by atoms with Gasteiger partial charge in [0, 0.05) is 13.0 Å². The molecule has 1 aliphatic rings. The Morgan fingerprint density at radius 1 is 1.45 bits per heavy atom. The molecule has 7 heteroatoms. The van der Waals surface area contributed by atoms with Gasteiger partial charge in [0.15, 0.2) is 0 Å². The molecule has 0 saturated heterocycles. The van der Waals surface area contributed by atoms with Gasteiger partial charge in [-0.3, -0.25) is 5.32 Å². The Morgan fingerprint density at radius 3 is 2.45 bits per heavy atom. The summed E-state index contributed by atoms with van der Waals surface area (Å²) in [6.07, 6.45) is -0.946. The minimum atomic E-state index is -2.81. The average Bonchev–Trinajstić information content (AvgIpc) is 2.93. The lowest BCUT2D eigenvalue weighted by molar-refractivity contribution is 0.0635. The fourth-order valence-corrected chi connectivity index (χ4v) is 2.54. The topological polar surface area (TPSA) is 64.3 Å². The van der Waals surface area contributed by atoms with Crippen LogP contribution in [0.4, 0.5) is 19.3 Å². The lowest BCUT2D eigenvalue weighted by atomic mass is 9.95. The van der Waals surface area contributed by atoms with Crippen molar-refractivity contribution in [1.29, 1.82) is 0 Å². The number of halogens is 3. The van der Waals surface area contributed by atoms with Gasteiger partial charge in [-0.05, 0) is 38.5 Å². The number of alkyl halides is 2. The summed E-state index contributed by atoms with van der Waals surface area (Å²) in [6, 6.07) is 4.40. The molecule has 1 saturated carbocycles. The second-order valence-corrected chi connectivity index (χ2v) is 6.90. The van der Waals surface area contributed by atoms with Crippen LogP contribution in [0.2, 0.25) is 5.02 Å². The first kappa shape index (κ1) is 17.0. The molecule has 1 aromatic carbocycles. The normalized spacial score (nSPS) is 23.0. The standard InChI is InChI=1S/C15H19ClF2N2O2/c1-13(2,3)22-12(21)20-11-5-4-9(6-10(11)16)14(8-19)7-15(14,17)18/h4-6H,7-8,19H2,1-3H3,(H,20,21). The third-order valence-corrected chi connectivity index (χ3v) is 3.92. The van der Waals surface area contributed by atoms with Crippen LogP contribution in [-0.2, 0) is 10.2 Å². The molecule has 0 bridgehead atoms. The van der Waals surface area contributed by atoms with Gasteiger partial charge < -0.3 is 10.5 Å². The monoisotopic (exact) mass is 332 g/mol. The summed E-state index contributed by atoms with van der Waals surface area (Å²) in [6.45, 7) is 5.04. The summed E-state index contributed by atoms with van der Waals surface area (Å²) in [4.78, 5) is 11.7. The van der Waals surface area contributed by atoms with E-state index in [1.54, 1.807) is 20.8 Å². The van der Waals surface area contributed by atoms with E-state index in [0.29, 0.717) is 11.3 Å². The van der Waals surface area contributed by atoms with Crippen molar-refractivity contribution in [3.05, 3.63) is 28.8 Å². The van der Waals surface area contributed by atoms with Crippen LogP contribution < -0.4 is 11.1 Å². The second-order valence-electron chi connectivity index (χ2n) is 6.49. The van der Waals surface area contributed by atoms with Gasteiger partial charge in [0.25, 0.3) is 5.92 Å². The van der Waals surface area contributed by atoms with Crippen LogP contribution in [-0.4, -0.2) is 24.2 Å². The van der Waals surface area contributed by atoms with Crippen LogP contribution in [0, 0.1) is 0 Å². The van der Waals surface area contributed by atoms with Gasteiger partial charge in [-0.1, -0.05) is 17.7 Å². The van der Waals surface area contributed by atoms with Crippen LogP contribution in [0.3, 0.4) is 0 Å². The highest BCUT2D eigenvalue weighted by atomic mass is 35.5. The molecule has 1 aliphatic carbocycles. The van der Waals surface area contributed by atoms with Crippen molar-refractivity contribution in [3.8, 4) is 0 Å². The average molecular weight is 333 g/mol. The maximum atomic E-state index is 13.6. The summed E-state index contributed by atoms with van der Waals surface area (Å²) in [5.74, 6) is -2.81. The van der Waals surface area contributed by atoms with Gasteiger partial charge in [-0.2, -0.15) is 0 Å². The molecule has 22 heavy (non-hydrogen) atoms. The molecule has 1 unspecified atom stereocenters. The largest absolute Gasteiger partial charge is 0.444 e. The predicted molar refractivity (Wildman–Crippen MR) is 81.6 cm³/mol. The zero-order chi connectivity index (χ0) is 16.8. The number of benzene rings is 1. The van der Waals surface area contributed by atoms with Crippen molar-refractivity contribution in [1.82, 2.24) is 0 Å². The van der Waals surface area contributed by atoms with Crippen molar-refractivity contribution in [2.45, 2.75) is 44.1 Å². The SMILES string of the molecule is CC(C)(C)OC(=O)Nc1ccc(C2(CN)CC2(F)F)cc1Cl. The number of carbonyl (C=O) groups is 1. The molecular weight excluding hydrogens is 314 g/mol. The molecule has 122 valence electrons. The molecule has 0 spiro atoms. The van der Waals surface area contributed by atoms with E-state index >= 15 is 0 Å². The number of hydrogen-bond donors (Lipinski definition) is 2. The smallest absolute Gasteiger partial charge is 0.412 e. The zero-order valence-corrected chi connectivity index (χ0v) is 13.4. The summed E-state index contributed by atoms with van der Waals surface area (Å²) in [5.41, 5.74) is 4.19. The van der Waals surface area contributed by atoms with Crippen molar-refractivity contribution in [3.63, 3.8) is 0 Å². The van der Waals surface area contributed by atoms with E-state index in [9.17, 15) is 13.6 Å². The third-order valence-electron chi connectivity index (χ3n) is 3.60. The van der Waals surface area contributed by atoms with Crippen LogP contribution in [0.15, 0.2) is 18.2 Å². The summed E-state index contributed by atoms with van der Waals surface area (Å²) in [7, 11) is 0. The Hall–Kier alpha value is -1.40. The van der Waals surface area contributed by atoms with E-state index in [1.165, 1.54) is 18.2 Å². The molecule has 0 aliphatic heterocycles. The fourth-order valence-electron chi connectivity index (χ4n) is 2.32. The first-order valence-electron chi connectivity index (χ1n) is 6.89. The molecule has 1 fully saturated rings. The first-order chi connectivity index (χ1) is 10.0. The van der Waals surface area contributed by atoms with Gasteiger partial charge in [-0.25, -0.2) is 13.6 Å². The number of rotatable bonds is 3. The third kappa shape index (κ3) is 3.17. The summed E-state index contributed by atoms with van der Waals surface area (Å²) < 4.78 is 32.2. The quantitative estimate of drug-likeness (QED) is 0.881. The van der Waals surface area contributed by atoms with Crippen molar-refractivity contribution >= 4 is 23.4 Å². The second kappa shape index (κ2) is 5.35. The molecule has 1 amide bonds. The Balaban J connectivity index is 2.16. The Labute approximate surface area is 133 Å². The number of amides is 1. The number of hydrogen-bond acceptors (Lipinski definition) is 3. The van der Waals surface area contributed by atoms with Gasteiger partial charge in [0.2, 0.25) is 0 Å².